The molecule has 0 heterocycles. The van der Waals surface area contributed by atoms with Crippen LogP contribution in [0.2, 0.25) is 0 Å². The van der Waals surface area contributed by atoms with Gasteiger partial charge in [-0.3, -0.25) is 11.3 Å². The molecule has 0 radical (unpaired) electrons. The topological polar surface area (TPSA) is 38.0 Å². The standard InChI is InChI=1S/C11H17IN2/c1-2-3-11(14-13)8-9-4-6-10(12)7-5-9/h4-7,11,14H,2-3,8,13H2,1H3. The average molecular weight is 304 g/mol. The van der Waals surface area contributed by atoms with Crippen LogP contribution >= 0.6 is 22.6 Å². The largest absolute Gasteiger partial charge is 0.271 e. The van der Waals surface area contributed by atoms with Gasteiger partial charge in [-0.05, 0) is 53.1 Å². The van der Waals surface area contributed by atoms with Crippen LogP contribution in [0.3, 0.4) is 0 Å². The van der Waals surface area contributed by atoms with Crippen LogP contribution in [0, 0.1) is 3.57 Å². The minimum absolute atomic E-state index is 0.403. The van der Waals surface area contributed by atoms with Gasteiger partial charge in [0.1, 0.15) is 0 Å². The van der Waals surface area contributed by atoms with Gasteiger partial charge in [-0.25, -0.2) is 0 Å². The first-order valence-electron chi connectivity index (χ1n) is 4.96. The van der Waals surface area contributed by atoms with E-state index in [0.717, 1.165) is 12.8 Å². The first-order chi connectivity index (χ1) is 6.76. The molecule has 0 saturated carbocycles. The fraction of sp³-hybridized carbons (Fsp3) is 0.455. The van der Waals surface area contributed by atoms with Crippen LogP contribution in [0.15, 0.2) is 24.3 Å². The summed E-state index contributed by atoms with van der Waals surface area (Å²) in [6, 6.07) is 9.01. The van der Waals surface area contributed by atoms with Crippen molar-refractivity contribution >= 4 is 22.6 Å². The number of hydrogen-bond acceptors (Lipinski definition) is 2. The van der Waals surface area contributed by atoms with Gasteiger partial charge in [0.25, 0.3) is 0 Å². The number of halogens is 1. The first-order valence-corrected chi connectivity index (χ1v) is 6.04. The van der Waals surface area contributed by atoms with Crippen molar-refractivity contribution in [2.24, 2.45) is 5.84 Å². The van der Waals surface area contributed by atoms with Crippen molar-refractivity contribution < 1.29 is 0 Å². The first kappa shape index (κ1) is 11.9. The maximum atomic E-state index is 5.49. The summed E-state index contributed by atoms with van der Waals surface area (Å²) in [5, 5.41) is 0. The van der Waals surface area contributed by atoms with Crippen LogP contribution in [0.5, 0.6) is 0 Å². The molecule has 1 unspecified atom stereocenters. The third-order valence-electron chi connectivity index (χ3n) is 2.27. The highest BCUT2D eigenvalue weighted by Crippen LogP contribution is 2.10. The molecule has 78 valence electrons. The molecular formula is C11H17IN2. The lowest BCUT2D eigenvalue weighted by molar-refractivity contribution is 0.486. The van der Waals surface area contributed by atoms with Crippen LogP contribution < -0.4 is 11.3 Å². The molecule has 2 nitrogen and oxygen atoms in total. The summed E-state index contributed by atoms with van der Waals surface area (Å²) in [7, 11) is 0. The molecule has 1 rings (SSSR count). The quantitative estimate of drug-likeness (QED) is 0.498. The Labute approximate surface area is 99.4 Å². The number of rotatable bonds is 5. The second-order valence-electron chi connectivity index (χ2n) is 3.48. The summed E-state index contributed by atoms with van der Waals surface area (Å²) in [5.74, 6) is 5.49. The van der Waals surface area contributed by atoms with E-state index in [0.29, 0.717) is 6.04 Å². The molecule has 0 spiro atoms. The molecule has 0 aromatic heterocycles. The maximum Gasteiger partial charge on any atom is 0.0250 e. The second kappa shape index (κ2) is 6.37. The molecule has 1 atom stereocenters. The number of nitrogens with one attached hydrogen (secondary N) is 1. The smallest absolute Gasteiger partial charge is 0.0250 e. The Morgan fingerprint density at radius 1 is 1.36 bits per heavy atom. The summed E-state index contributed by atoms with van der Waals surface area (Å²) in [6.45, 7) is 2.18. The molecule has 0 amide bonds. The highest BCUT2D eigenvalue weighted by molar-refractivity contribution is 14.1. The molecule has 0 aliphatic carbocycles. The van der Waals surface area contributed by atoms with Crippen molar-refractivity contribution in [2.75, 3.05) is 0 Å². The van der Waals surface area contributed by atoms with Crippen molar-refractivity contribution in [3.05, 3.63) is 33.4 Å². The van der Waals surface area contributed by atoms with Crippen LogP contribution in [-0.2, 0) is 6.42 Å². The Hall–Kier alpha value is -0.130. The second-order valence-corrected chi connectivity index (χ2v) is 4.73. The van der Waals surface area contributed by atoms with E-state index in [2.05, 4.69) is 59.2 Å². The lowest BCUT2D eigenvalue weighted by Gasteiger charge is -2.14. The zero-order valence-corrected chi connectivity index (χ0v) is 10.6. The number of benzene rings is 1. The maximum absolute atomic E-state index is 5.49. The van der Waals surface area contributed by atoms with Gasteiger partial charge < -0.3 is 0 Å². The molecule has 0 aliphatic heterocycles. The van der Waals surface area contributed by atoms with Crippen molar-refractivity contribution in [1.82, 2.24) is 5.43 Å². The summed E-state index contributed by atoms with van der Waals surface area (Å²) >= 11 is 2.32. The SMILES string of the molecule is CCCC(Cc1ccc(I)cc1)NN. The predicted octanol–water partition coefficient (Wildman–Crippen LogP) is 2.47. The molecular weight excluding hydrogens is 287 g/mol. The van der Waals surface area contributed by atoms with Gasteiger partial charge in [-0.15, -0.1) is 0 Å². The van der Waals surface area contributed by atoms with Gasteiger partial charge in [0, 0.05) is 9.61 Å². The van der Waals surface area contributed by atoms with E-state index < -0.39 is 0 Å². The van der Waals surface area contributed by atoms with Crippen molar-refractivity contribution in [1.29, 1.82) is 0 Å². The van der Waals surface area contributed by atoms with Crippen LogP contribution in [0.25, 0.3) is 0 Å². The van der Waals surface area contributed by atoms with E-state index in [-0.39, 0.29) is 0 Å². The van der Waals surface area contributed by atoms with Gasteiger partial charge in [0.15, 0.2) is 0 Å². The number of nitrogens with two attached hydrogens (primary N) is 1. The average Bonchev–Trinajstić information content (AvgIpc) is 2.20. The van der Waals surface area contributed by atoms with E-state index in [1.54, 1.807) is 0 Å². The third-order valence-corrected chi connectivity index (χ3v) is 2.99. The van der Waals surface area contributed by atoms with E-state index >= 15 is 0 Å². The Bertz CT molecular complexity index is 258. The minimum atomic E-state index is 0.403. The minimum Gasteiger partial charge on any atom is -0.271 e. The fourth-order valence-electron chi connectivity index (χ4n) is 1.50. The zero-order valence-electron chi connectivity index (χ0n) is 8.46. The highest BCUT2D eigenvalue weighted by Gasteiger charge is 2.05. The van der Waals surface area contributed by atoms with E-state index in [1.807, 2.05) is 0 Å². The monoisotopic (exact) mass is 304 g/mol. The van der Waals surface area contributed by atoms with Crippen molar-refractivity contribution in [2.45, 2.75) is 32.2 Å². The Kier molecular flexibility index (Phi) is 5.44. The Morgan fingerprint density at radius 3 is 2.50 bits per heavy atom. The zero-order chi connectivity index (χ0) is 10.4. The van der Waals surface area contributed by atoms with Crippen LogP contribution in [0.4, 0.5) is 0 Å². The normalized spacial score (nSPS) is 12.8. The van der Waals surface area contributed by atoms with Crippen molar-refractivity contribution in [3.63, 3.8) is 0 Å². The number of hydrazine groups is 1. The lowest BCUT2D eigenvalue weighted by Crippen LogP contribution is -2.36. The van der Waals surface area contributed by atoms with E-state index in [9.17, 15) is 0 Å². The molecule has 3 heteroatoms. The van der Waals surface area contributed by atoms with Crippen LogP contribution in [-0.4, -0.2) is 6.04 Å². The molecule has 0 fully saturated rings. The van der Waals surface area contributed by atoms with Gasteiger partial charge in [-0.1, -0.05) is 25.5 Å². The van der Waals surface area contributed by atoms with Gasteiger partial charge in [-0.2, -0.15) is 0 Å². The third kappa shape index (κ3) is 3.94. The van der Waals surface area contributed by atoms with Gasteiger partial charge in [0.05, 0.1) is 0 Å². The fourth-order valence-corrected chi connectivity index (χ4v) is 1.86. The molecule has 0 bridgehead atoms. The Morgan fingerprint density at radius 2 is 2.00 bits per heavy atom. The highest BCUT2D eigenvalue weighted by atomic mass is 127. The summed E-state index contributed by atoms with van der Waals surface area (Å²) < 4.78 is 1.28. The van der Waals surface area contributed by atoms with E-state index in [4.69, 9.17) is 5.84 Å². The lowest BCUT2D eigenvalue weighted by atomic mass is 10.0. The van der Waals surface area contributed by atoms with Crippen molar-refractivity contribution in [3.8, 4) is 0 Å². The van der Waals surface area contributed by atoms with E-state index in [1.165, 1.54) is 15.6 Å². The molecule has 1 aromatic carbocycles. The molecule has 3 N–H and O–H groups in total. The molecule has 0 saturated heterocycles. The summed E-state index contributed by atoms with van der Waals surface area (Å²) in [5.41, 5.74) is 4.21. The van der Waals surface area contributed by atoms with Gasteiger partial charge >= 0.3 is 0 Å². The molecule has 0 aliphatic rings. The molecule has 1 aromatic rings. The molecule has 14 heavy (non-hydrogen) atoms. The summed E-state index contributed by atoms with van der Waals surface area (Å²) in [6.07, 6.45) is 3.31. The van der Waals surface area contributed by atoms with Gasteiger partial charge in [0.2, 0.25) is 0 Å². The predicted molar refractivity (Wildman–Crippen MR) is 68.9 cm³/mol. The van der Waals surface area contributed by atoms with Crippen LogP contribution in [0.1, 0.15) is 25.3 Å². The Balaban J connectivity index is 2.53. The summed E-state index contributed by atoms with van der Waals surface area (Å²) in [4.78, 5) is 0. The number of hydrogen-bond donors (Lipinski definition) is 2.